The third-order valence-electron chi connectivity index (χ3n) is 10.6. The number of carbonyl (C=O) groups excluding carboxylic acids is 7. The maximum Gasteiger partial charge on any atom is 0.407 e. The number of methoxy groups -OCH3 is 2. The van der Waals surface area contributed by atoms with Crippen LogP contribution in [-0.2, 0) is 33.3 Å². The zero-order chi connectivity index (χ0) is 39.6. The summed E-state index contributed by atoms with van der Waals surface area (Å²) in [5.41, 5.74) is 2.29. The van der Waals surface area contributed by atoms with Crippen LogP contribution in [0.5, 0.6) is 0 Å². The molecular formula is C40H50N4O11. The van der Waals surface area contributed by atoms with E-state index in [-0.39, 0.29) is 23.8 Å². The van der Waals surface area contributed by atoms with Gasteiger partial charge in [-0.05, 0) is 62.0 Å². The maximum absolute atomic E-state index is 13.2. The minimum atomic E-state index is -0.883. The van der Waals surface area contributed by atoms with Gasteiger partial charge in [0, 0.05) is 36.3 Å². The van der Waals surface area contributed by atoms with Gasteiger partial charge in [0.15, 0.2) is 24.8 Å². The van der Waals surface area contributed by atoms with Crippen molar-refractivity contribution in [3.63, 3.8) is 0 Å². The highest BCUT2D eigenvalue weighted by atomic mass is 16.5. The predicted molar refractivity (Wildman–Crippen MR) is 198 cm³/mol. The quantitative estimate of drug-likeness (QED) is 0.171. The Bertz CT molecular complexity index is 1730. The van der Waals surface area contributed by atoms with Gasteiger partial charge in [0.05, 0.1) is 14.2 Å². The number of amides is 3. The Balaban J connectivity index is 1.10. The number of ether oxygens (including phenoxy) is 4. The highest BCUT2D eigenvalue weighted by Gasteiger charge is 2.42. The van der Waals surface area contributed by atoms with E-state index >= 15 is 0 Å². The fourth-order valence-electron chi connectivity index (χ4n) is 7.55. The van der Waals surface area contributed by atoms with Gasteiger partial charge in [-0.3, -0.25) is 24.1 Å². The molecule has 3 heterocycles. The fourth-order valence-corrected chi connectivity index (χ4v) is 7.55. The lowest BCUT2D eigenvalue weighted by molar-refractivity contribution is -0.153. The van der Waals surface area contributed by atoms with Gasteiger partial charge >= 0.3 is 24.1 Å². The van der Waals surface area contributed by atoms with Gasteiger partial charge in [0.1, 0.15) is 18.1 Å². The monoisotopic (exact) mass is 762 g/mol. The molecule has 55 heavy (non-hydrogen) atoms. The van der Waals surface area contributed by atoms with Crippen molar-refractivity contribution in [3.8, 4) is 11.1 Å². The smallest absolute Gasteiger partial charge is 0.407 e. The Morgan fingerprint density at radius 3 is 1.80 bits per heavy atom. The number of benzene rings is 2. The van der Waals surface area contributed by atoms with Crippen molar-refractivity contribution in [1.82, 2.24) is 20.4 Å². The molecule has 0 aliphatic carbocycles. The number of hydrogen-bond acceptors (Lipinski definition) is 12. The van der Waals surface area contributed by atoms with Crippen LogP contribution in [0, 0.1) is 5.92 Å². The van der Waals surface area contributed by atoms with Crippen molar-refractivity contribution < 1.29 is 52.5 Å². The Hall–Kier alpha value is -5.31. The van der Waals surface area contributed by atoms with Gasteiger partial charge in [-0.1, -0.05) is 62.4 Å². The van der Waals surface area contributed by atoms with Gasteiger partial charge in [0.2, 0.25) is 5.91 Å². The van der Waals surface area contributed by atoms with E-state index in [0.29, 0.717) is 43.5 Å². The van der Waals surface area contributed by atoms with Crippen molar-refractivity contribution in [2.75, 3.05) is 40.5 Å². The zero-order valence-corrected chi connectivity index (χ0v) is 31.7. The van der Waals surface area contributed by atoms with E-state index in [1.54, 1.807) is 62.4 Å². The SMILES string of the molecule is COC(=O)N[C@H]1CCC[C@H]2CC[C@@H](C(=O)OCC(=O)c3ccc(-c4ccc(C(=O)COC(=O)[C@@H]5CCCN5C(=O)[C@@H](NC(=O)OC)C(C)C)cc4)cc3)N2C1. The van der Waals surface area contributed by atoms with Gasteiger partial charge in [-0.15, -0.1) is 0 Å². The number of rotatable bonds is 13. The molecular weight excluding hydrogens is 712 g/mol. The highest BCUT2D eigenvalue weighted by molar-refractivity contribution is 6.00. The summed E-state index contributed by atoms with van der Waals surface area (Å²) >= 11 is 0. The van der Waals surface area contributed by atoms with Crippen LogP contribution in [0.4, 0.5) is 9.59 Å². The first-order valence-corrected chi connectivity index (χ1v) is 18.8. The van der Waals surface area contributed by atoms with Crippen LogP contribution in [0.3, 0.4) is 0 Å². The molecule has 296 valence electrons. The van der Waals surface area contributed by atoms with Crippen LogP contribution in [0.2, 0.25) is 0 Å². The second-order valence-corrected chi connectivity index (χ2v) is 14.5. The second-order valence-electron chi connectivity index (χ2n) is 14.5. The summed E-state index contributed by atoms with van der Waals surface area (Å²) in [5, 5.41) is 5.37. The molecule has 2 aromatic carbocycles. The summed E-state index contributed by atoms with van der Waals surface area (Å²) in [6.07, 6.45) is 3.84. The molecule has 15 heteroatoms. The van der Waals surface area contributed by atoms with E-state index in [9.17, 15) is 33.6 Å². The van der Waals surface area contributed by atoms with Crippen molar-refractivity contribution in [1.29, 1.82) is 0 Å². The first-order chi connectivity index (χ1) is 26.4. The summed E-state index contributed by atoms with van der Waals surface area (Å²) in [5.74, 6) is -2.56. The van der Waals surface area contributed by atoms with Crippen LogP contribution in [0.15, 0.2) is 48.5 Å². The molecule has 2 N–H and O–H groups in total. The molecule has 2 aromatic rings. The first kappa shape index (κ1) is 40.9. The lowest BCUT2D eigenvalue weighted by atomic mass is 10.0. The normalized spacial score (nSPS) is 21.4. The van der Waals surface area contributed by atoms with Crippen molar-refractivity contribution in [3.05, 3.63) is 59.7 Å². The molecule has 0 spiro atoms. The molecule has 15 nitrogen and oxygen atoms in total. The first-order valence-electron chi connectivity index (χ1n) is 18.8. The number of Topliss-reactive ketones (excluding diaryl/α,β-unsaturated/α-hetero) is 2. The third kappa shape index (κ3) is 10.3. The molecule has 5 atom stereocenters. The number of nitrogens with one attached hydrogen (secondary N) is 2. The molecule has 0 aromatic heterocycles. The predicted octanol–water partition coefficient (Wildman–Crippen LogP) is 3.92. The number of alkyl carbamates (subject to hydrolysis) is 2. The summed E-state index contributed by atoms with van der Waals surface area (Å²) < 4.78 is 20.2. The molecule has 3 aliphatic heterocycles. The van der Waals surface area contributed by atoms with Crippen LogP contribution in [0.1, 0.15) is 79.5 Å². The van der Waals surface area contributed by atoms with Crippen molar-refractivity contribution >= 4 is 41.6 Å². The van der Waals surface area contributed by atoms with E-state index in [0.717, 1.165) is 36.8 Å². The standard InChI is InChI=1S/C40H50N4O11/c1-24(2)35(42-40(51)53-4)36(47)43-20-6-9-31(43)37(48)54-22-33(45)27-14-10-25(11-15-27)26-12-16-28(17-13-26)34(46)23-55-38(49)32-19-18-30-8-5-7-29(21-44(30)32)41-39(50)52-3/h10-17,24,29-32,35H,5-9,18-23H2,1-4H3,(H,41,50)(H,42,51)/t29-,30-,31-,32-,35-/m0/s1. The number of esters is 2. The fraction of sp³-hybridized carbons (Fsp3) is 0.525. The second kappa shape index (κ2) is 18.8. The van der Waals surface area contributed by atoms with Gasteiger partial charge in [-0.25, -0.2) is 14.4 Å². The molecule has 5 rings (SSSR count). The lowest BCUT2D eigenvalue weighted by Gasteiger charge is -2.29. The van der Waals surface area contributed by atoms with Crippen LogP contribution in [-0.4, -0.2) is 122 Å². The van der Waals surface area contributed by atoms with Gasteiger partial charge < -0.3 is 34.5 Å². The van der Waals surface area contributed by atoms with E-state index in [1.807, 2.05) is 0 Å². The Kier molecular flexibility index (Phi) is 14.0. The molecule has 0 bridgehead atoms. The van der Waals surface area contributed by atoms with Gasteiger partial charge in [0.25, 0.3) is 0 Å². The van der Waals surface area contributed by atoms with Gasteiger partial charge in [-0.2, -0.15) is 0 Å². The molecule has 3 amide bonds. The van der Waals surface area contributed by atoms with E-state index < -0.39 is 67.2 Å². The zero-order valence-electron chi connectivity index (χ0n) is 31.7. The average Bonchev–Trinajstić information content (AvgIpc) is 3.80. The summed E-state index contributed by atoms with van der Waals surface area (Å²) in [6, 6.07) is 11.4. The van der Waals surface area contributed by atoms with Crippen molar-refractivity contribution in [2.24, 2.45) is 5.92 Å². The number of carbonyl (C=O) groups is 7. The molecule has 3 aliphatic rings. The number of ketones is 2. The van der Waals surface area contributed by atoms with E-state index in [1.165, 1.54) is 19.1 Å². The molecule has 0 radical (unpaired) electrons. The largest absolute Gasteiger partial charge is 0.456 e. The minimum Gasteiger partial charge on any atom is -0.456 e. The Labute approximate surface area is 320 Å². The van der Waals surface area contributed by atoms with E-state index in [4.69, 9.17) is 14.2 Å². The summed E-state index contributed by atoms with van der Waals surface area (Å²) in [6.45, 7) is 3.49. The number of hydrogen-bond donors (Lipinski definition) is 2. The van der Waals surface area contributed by atoms with Crippen LogP contribution >= 0.6 is 0 Å². The molecule has 3 saturated heterocycles. The van der Waals surface area contributed by atoms with Crippen LogP contribution in [0.25, 0.3) is 11.1 Å². The molecule has 0 unspecified atom stereocenters. The molecule has 3 fully saturated rings. The summed E-state index contributed by atoms with van der Waals surface area (Å²) in [4.78, 5) is 92.2. The number of nitrogens with zero attached hydrogens (tertiary/aromatic N) is 2. The van der Waals surface area contributed by atoms with Crippen molar-refractivity contribution in [2.45, 2.75) is 89.0 Å². The number of likely N-dealkylation sites (tertiary alicyclic amines) is 1. The number of fused-ring (bicyclic) bond motifs is 1. The molecule has 0 saturated carbocycles. The highest BCUT2D eigenvalue weighted by Crippen LogP contribution is 2.32. The Morgan fingerprint density at radius 1 is 0.691 bits per heavy atom. The topological polar surface area (TPSA) is 187 Å². The van der Waals surface area contributed by atoms with Crippen LogP contribution < -0.4 is 10.6 Å². The maximum atomic E-state index is 13.2. The average molecular weight is 763 g/mol. The third-order valence-corrected chi connectivity index (χ3v) is 10.6. The Morgan fingerprint density at radius 2 is 1.25 bits per heavy atom. The summed E-state index contributed by atoms with van der Waals surface area (Å²) in [7, 11) is 2.52. The lowest BCUT2D eigenvalue weighted by Crippen LogP contribution is -2.54. The van der Waals surface area contributed by atoms with E-state index in [2.05, 4.69) is 20.3 Å². The minimum absolute atomic E-state index is 0.135.